The zero-order valence-electron chi connectivity index (χ0n) is 15.7. The molecule has 0 spiro atoms. The first-order valence-electron chi connectivity index (χ1n) is 8.42. The van der Waals surface area contributed by atoms with Crippen molar-refractivity contribution in [2.24, 2.45) is 0 Å². The van der Waals surface area contributed by atoms with Crippen LogP contribution in [0.3, 0.4) is 0 Å². The van der Waals surface area contributed by atoms with Gasteiger partial charge < -0.3 is 14.5 Å². The number of carbonyl (C=O) groups is 2. The highest BCUT2D eigenvalue weighted by atomic mass is 16.5. The fourth-order valence-electron chi connectivity index (χ4n) is 2.40. The van der Waals surface area contributed by atoms with Gasteiger partial charge in [-0.2, -0.15) is 5.26 Å². The van der Waals surface area contributed by atoms with E-state index in [0.29, 0.717) is 30.8 Å². The predicted octanol–water partition coefficient (Wildman–Crippen LogP) is 1.94. The summed E-state index contributed by atoms with van der Waals surface area (Å²) in [6, 6.07) is 12.3. The Morgan fingerprint density at radius 1 is 1.11 bits per heavy atom. The van der Waals surface area contributed by atoms with Gasteiger partial charge in [0, 0.05) is 25.8 Å². The standard InChI is InChI=1S/C20H22N4O3/c1-23(2)10-11-24(14-16-6-4-15(12-21)5-7-16)19(25)18-9-8-17(13-22-18)20(26)27-3/h4-9,13H,10-11,14H2,1-3H3. The van der Waals surface area contributed by atoms with E-state index in [0.717, 1.165) is 5.56 Å². The van der Waals surface area contributed by atoms with Crippen LogP contribution in [-0.2, 0) is 11.3 Å². The summed E-state index contributed by atoms with van der Waals surface area (Å²) in [5.74, 6) is -0.721. The summed E-state index contributed by atoms with van der Waals surface area (Å²) in [6.07, 6.45) is 1.34. The quantitative estimate of drug-likeness (QED) is 0.696. The average Bonchev–Trinajstić information content (AvgIpc) is 2.70. The van der Waals surface area contributed by atoms with Gasteiger partial charge >= 0.3 is 5.97 Å². The van der Waals surface area contributed by atoms with Crippen LogP contribution < -0.4 is 0 Å². The number of methoxy groups -OCH3 is 1. The minimum atomic E-state index is -0.497. The zero-order chi connectivity index (χ0) is 19.8. The smallest absolute Gasteiger partial charge is 0.339 e. The van der Waals surface area contributed by atoms with Gasteiger partial charge in [0.2, 0.25) is 0 Å². The number of amides is 1. The van der Waals surface area contributed by atoms with E-state index in [4.69, 9.17) is 5.26 Å². The molecule has 1 aromatic heterocycles. The maximum Gasteiger partial charge on any atom is 0.339 e. The van der Waals surface area contributed by atoms with Crippen LogP contribution in [0.1, 0.15) is 32.0 Å². The molecule has 0 aliphatic carbocycles. The molecule has 0 saturated carbocycles. The van der Waals surface area contributed by atoms with E-state index in [1.165, 1.54) is 25.4 Å². The second-order valence-corrected chi connectivity index (χ2v) is 6.26. The molecule has 0 bridgehead atoms. The summed E-state index contributed by atoms with van der Waals surface area (Å²) in [4.78, 5) is 32.2. The second-order valence-electron chi connectivity index (χ2n) is 6.26. The van der Waals surface area contributed by atoms with Crippen molar-refractivity contribution < 1.29 is 14.3 Å². The van der Waals surface area contributed by atoms with Gasteiger partial charge in [0.1, 0.15) is 5.69 Å². The van der Waals surface area contributed by atoms with Crippen molar-refractivity contribution in [3.63, 3.8) is 0 Å². The molecule has 0 aliphatic heterocycles. The Kier molecular flexibility index (Phi) is 7.03. The molecule has 7 heteroatoms. The number of hydrogen-bond donors (Lipinski definition) is 0. The monoisotopic (exact) mass is 366 g/mol. The number of ether oxygens (including phenoxy) is 1. The Labute approximate surface area is 158 Å². The highest BCUT2D eigenvalue weighted by molar-refractivity contribution is 5.94. The van der Waals surface area contributed by atoms with Gasteiger partial charge in [0.05, 0.1) is 24.3 Å². The van der Waals surface area contributed by atoms with E-state index < -0.39 is 5.97 Å². The fourth-order valence-corrected chi connectivity index (χ4v) is 2.40. The highest BCUT2D eigenvalue weighted by Gasteiger charge is 2.18. The van der Waals surface area contributed by atoms with Crippen molar-refractivity contribution in [2.45, 2.75) is 6.54 Å². The van der Waals surface area contributed by atoms with Crippen LogP contribution in [-0.4, -0.2) is 61.0 Å². The Morgan fingerprint density at radius 2 is 1.81 bits per heavy atom. The van der Waals surface area contributed by atoms with Crippen LogP contribution in [0.25, 0.3) is 0 Å². The molecular weight excluding hydrogens is 344 g/mol. The molecule has 0 N–H and O–H groups in total. The Hall–Kier alpha value is -3.24. The third kappa shape index (κ3) is 5.62. The van der Waals surface area contributed by atoms with E-state index in [-0.39, 0.29) is 11.6 Å². The molecule has 1 aromatic carbocycles. The van der Waals surface area contributed by atoms with Gasteiger partial charge in [0.25, 0.3) is 5.91 Å². The molecule has 0 fully saturated rings. The summed E-state index contributed by atoms with van der Waals surface area (Å²) in [5.41, 5.74) is 2.05. The van der Waals surface area contributed by atoms with Crippen LogP contribution in [0.15, 0.2) is 42.6 Å². The lowest BCUT2D eigenvalue weighted by molar-refractivity contribution is 0.0598. The number of rotatable bonds is 7. The lowest BCUT2D eigenvalue weighted by Crippen LogP contribution is -2.36. The van der Waals surface area contributed by atoms with Gasteiger partial charge in [0.15, 0.2) is 0 Å². The Morgan fingerprint density at radius 3 is 2.33 bits per heavy atom. The third-order valence-electron chi connectivity index (χ3n) is 3.96. The Bertz CT molecular complexity index is 824. The van der Waals surface area contributed by atoms with Crippen molar-refractivity contribution in [1.29, 1.82) is 5.26 Å². The number of hydrogen-bond acceptors (Lipinski definition) is 6. The van der Waals surface area contributed by atoms with Crippen LogP contribution in [0, 0.1) is 11.3 Å². The predicted molar refractivity (Wildman–Crippen MR) is 100 cm³/mol. The van der Waals surface area contributed by atoms with Crippen molar-refractivity contribution >= 4 is 11.9 Å². The van der Waals surface area contributed by atoms with Crippen molar-refractivity contribution in [3.8, 4) is 6.07 Å². The Balaban J connectivity index is 2.19. The van der Waals surface area contributed by atoms with Crippen molar-refractivity contribution in [2.75, 3.05) is 34.3 Å². The van der Waals surface area contributed by atoms with Crippen LogP contribution >= 0.6 is 0 Å². The number of nitrogens with zero attached hydrogens (tertiary/aromatic N) is 4. The second kappa shape index (κ2) is 9.46. The van der Waals surface area contributed by atoms with E-state index in [1.807, 2.05) is 31.1 Å². The molecule has 0 unspecified atom stereocenters. The summed E-state index contributed by atoms with van der Waals surface area (Å²) in [5, 5.41) is 8.91. The minimum Gasteiger partial charge on any atom is -0.465 e. The first-order valence-corrected chi connectivity index (χ1v) is 8.42. The number of nitriles is 1. The first-order chi connectivity index (χ1) is 12.9. The van der Waals surface area contributed by atoms with E-state index in [1.54, 1.807) is 17.0 Å². The largest absolute Gasteiger partial charge is 0.465 e. The summed E-state index contributed by atoms with van der Waals surface area (Å²) in [7, 11) is 5.17. The molecule has 0 atom stereocenters. The molecule has 0 aliphatic rings. The van der Waals surface area contributed by atoms with Gasteiger partial charge in [-0.15, -0.1) is 0 Å². The lowest BCUT2D eigenvalue weighted by atomic mass is 10.1. The van der Waals surface area contributed by atoms with E-state index in [9.17, 15) is 9.59 Å². The summed E-state index contributed by atoms with van der Waals surface area (Å²) < 4.78 is 4.64. The van der Waals surface area contributed by atoms with Gasteiger partial charge in [-0.3, -0.25) is 9.78 Å². The van der Waals surface area contributed by atoms with Crippen LogP contribution in [0.2, 0.25) is 0 Å². The van der Waals surface area contributed by atoms with E-state index >= 15 is 0 Å². The topological polar surface area (TPSA) is 86.5 Å². The number of pyridine rings is 1. The number of benzene rings is 1. The molecule has 0 radical (unpaired) electrons. The maximum absolute atomic E-state index is 12.9. The molecular formula is C20H22N4O3. The number of carbonyl (C=O) groups excluding carboxylic acids is 2. The maximum atomic E-state index is 12.9. The number of aromatic nitrogens is 1. The highest BCUT2D eigenvalue weighted by Crippen LogP contribution is 2.11. The molecule has 2 aromatic rings. The third-order valence-corrected chi connectivity index (χ3v) is 3.96. The lowest BCUT2D eigenvalue weighted by Gasteiger charge is -2.24. The molecule has 0 saturated heterocycles. The zero-order valence-corrected chi connectivity index (χ0v) is 15.7. The average molecular weight is 366 g/mol. The molecule has 1 heterocycles. The fraction of sp³-hybridized carbons (Fsp3) is 0.300. The normalized spacial score (nSPS) is 10.3. The molecule has 1 amide bonds. The van der Waals surface area contributed by atoms with Crippen LogP contribution in [0.5, 0.6) is 0 Å². The molecule has 7 nitrogen and oxygen atoms in total. The minimum absolute atomic E-state index is 0.224. The molecule has 140 valence electrons. The van der Waals surface area contributed by atoms with Crippen molar-refractivity contribution in [1.82, 2.24) is 14.8 Å². The molecule has 27 heavy (non-hydrogen) atoms. The number of esters is 1. The van der Waals surface area contributed by atoms with Gasteiger partial charge in [-0.25, -0.2) is 4.79 Å². The number of likely N-dealkylation sites (N-methyl/N-ethyl adjacent to an activating group) is 1. The first kappa shape index (κ1) is 20.1. The molecule has 2 rings (SSSR count). The van der Waals surface area contributed by atoms with E-state index in [2.05, 4.69) is 15.8 Å². The summed E-state index contributed by atoms with van der Waals surface area (Å²) in [6.45, 7) is 1.62. The summed E-state index contributed by atoms with van der Waals surface area (Å²) >= 11 is 0. The van der Waals surface area contributed by atoms with Crippen LogP contribution in [0.4, 0.5) is 0 Å². The van der Waals surface area contributed by atoms with Gasteiger partial charge in [-0.05, 0) is 43.9 Å². The SMILES string of the molecule is COC(=O)c1ccc(C(=O)N(CCN(C)C)Cc2ccc(C#N)cc2)nc1. The van der Waals surface area contributed by atoms with Gasteiger partial charge in [-0.1, -0.05) is 12.1 Å². The van der Waals surface area contributed by atoms with Crippen molar-refractivity contribution in [3.05, 3.63) is 65.0 Å².